The van der Waals surface area contributed by atoms with E-state index in [1.165, 1.54) is 0 Å². The zero-order chi connectivity index (χ0) is 14.7. The normalized spacial score (nSPS) is 10.7. The molecule has 106 valence electrons. The monoisotopic (exact) mass is 280 g/mol. The Labute approximate surface area is 123 Å². The number of carbonyl (C=O) groups excluding carboxylic acids is 1. The summed E-state index contributed by atoms with van der Waals surface area (Å²) in [5.41, 5.74) is 2.94. The van der Waals surface area contributed by atoms with Crippen LogP contribution < -0.4 is 4.74 Å². The molecule has 0 atom stereocenters. The number of aldehydes is 1. The molecular formula is C17H16N2O2. The number of aromatic nitrogens is 2. The molecule has 4 nitrogen and oxygen atoms in total. The molecule has 1 heterocycles. The number of hydrogen-bond donors (Lipinski definition) is 0. The van der Waals surface area contributed by atoms with Gasteiger partial charge < -0.3 is 9.30 Å². The van der Waals surface area contributed by atoms with E-state index in [2.05, 4.69) is 4.98 Å². The van der Waals surface area contributed by atoms with Gasteiger partial charge in [0, 0.05) is 0 Å². The van der Waals surface area contributed by atoms with Crippen LogP contribution in [0.5, 0.6) is 5.75 Å². The molecule has 2 aromatic carbocycles. The van der Waals surface area contributed by atoms with Crippen molar-refractivity contribution in [2.24, 2.45) is 0 Å². The van der Waals surface area contributed by atoms with Crippen molar-refractivity contribution in [1.82, 2.24) is 9.55 Å². The standard InChI is InChI=1S/C17H16N2O2/c1-13-5-4-6-14(11-13)21-10-9-19-16-8-3-2-7-15(16)18-17(19)12-20/h2-8,11-12H,9-10H2,1H3. The molecule has 0 N–H and O–H groups in total. The minimum absolute atomic E-state index is 0.434. The molecule has 0 amide bonds. The van der Waals surface area contributed by atoms with Crippen LogP contribution in [0, 0.1) is 6.92 Å². The third-order valence-corrected chi connectivity index (χ3v) is 3.36. The predicted molar refractivity (Wildman–Crippen MR) is 81.8 cm³/mol. The Bertz CT molecular complexity index is 777. The Morgan fingerprint density at radius 2 is 2.05 bits per heavy atom. The Morgan fingerprint density at radius 3 is 2.86 bits per heavy atom. The van der Waals surface area contributed by atoms with Crippen LogP contribution in [0.1, 0.15) is 16.2 Å². The molecule has 0 saturated carbocycles. The third-order valence-electron chi connectivity index (χ3n) is 3.36. The fourth-order valence-electron chi connectivity index (χ4n) is 2.38. The van der Waals surface area contributed by atoms with E-state index in [0.29, 0.717) is 19.0 Å². The molecule has 0 bridgehead atoms. The van der Waals surface area contributed by atoms with Gasteiger partial charge in [-0.05, 0) is 36.8 Å². The van der Waals surface area contributed by atoms with Crippen molar-refractivity contribution in [3.05, 3.63) is 59.9 Å². The van der Waals surface area contributed by atoms with Gasteiger partial charge >= 0.3 is 0 Å². The lowest BCUT2D eigenvalue weighted by Gasteiger charge is -2.09. The second-order valence-corrected chi connectivity index (χ2v) is 4.89. The number of fused-ring (bicyclic) bond motifs is 1. The second kappa shape index (κ2) is 5.79. The summed E-state index contributed by atoms with van der Waals surface area (Å²) in [5.74, 6) is 1.27. The maximum Gasteiger partial charge on any atom is 0.185 e. The Morgan fingerprint density at radius 1 is 1.19 bits per heavy atom. The lowest BCUT2D eigenvalue weighted by atomic mass is 10.2. The number of carbonyl (C=O) groups is 1. The molecule has 0 unspecified atom stereocenters. The zero-order valence-electron chi connectivity index (χ0n) is 11.8. The van der Waals surface area contributed by atoms with E-state index in [1.54, 1.807) is 0 Å². The number of ether oxygens (including phenoxy) is 1. The highest BCUT2D eigenvalue weighted by Gasteiger charge is 2.09. The molecule has 0 radical (unpaired) electrons. The Kier molecular flexibility index (Phi) is 3.69. The van der Waals surface area contributed by atoms with Crippen molar-refractivity contribution in [3.8, 4) is 5.75 Å². The Balaban J connectivity index is 1.77. The van der Waals surface area contributed by atoms with Gasteiger partial charge in [-0.1, -0.05) is 24.3 Å². The highest BCUT2D eigenvalue weighted by atomic mass is 16.5. The summed E-state index contributed by atoms with van der Waals surface area (Å²) >= 11 is 0. The van der Waals surface area contributed by atoms with Crippen molar-refractivity contribution < 1.29 is 9.53 Å². The zero-order valence-corrected chi connectivity index (χ0v) is 11.8. The van der Waals surface area contributed by atoms with Crippen molar-refractivity contribution in [2.45, 2.75) is 13.5 Å². The van der Waals surface area contributed by atoms with E-state index in [1.807, 2.05) is 60.0 Å². The van der Waals surface area contributed by atoms with E-state index >= 15 is 0 Å². The number of para-hydroxylation sites is 2. The highest BCUT2D eigenvalue weighted by molar-refractivity contribution is 5.82. The van der Waals surface area contributed by atoms with Gasteiger partial charge in [0.1, 0.15) is 12.4 Å². The number of hydrogen-bond acceptors (Lipinski definition) is 3. The van der Waals surface area contributed by atoms with Gasteiger partial charge in [-0.25, -0.2) is 4.98 Å². The van der Waals surface area contributed by atoms with Crippen molar-refractivity contribution in [2.75, 3.05) is 6.61 Å². The first-order valence-corrected chi connectivity index (χ1v) is 6.88. The molecule has 4 heteroatoms. The fraction of sp³-hybridized carbons (Fsp3) is 0.176. The van der Waals surface area contributed by atoms with Crippen molar-refractivity contribution in [1.29, 1.82) is 0 Å². The van der Waals surface area contributed by atoms with Crippen LogP contribution in [-0.4, -0.2) is 22.4 Å². The summed E-state index contributed by atoms with van der Waals surface area (Å²) in [6.45, 7) is 3.11. The molecular weight excluding hydrogens is 264 g/mol. The molecule has 0 spiro atoms. The number of benzene rings is 2. The number of aryl methyl sites for hydroxylation is 1. The van der Waals surface area contributed by atoms with Crippen LogP contribution in [0.3, 0.4) is 0 Å². The number of rotatable bonds is 5. The van der Waals surface area contributed by atoms with Crippen molar-refractivity contribution in [3.63, 3.8) is 0 Å². The molecule has 1 aromatic heterocycles. The summed E-state index contributed by atoms with van der Waals surface area (Å²) in [6, 6.07) is 15.6. The molecule has 0 aliphatic rings. The van der Waals surface area contributed by atoms with Gasteiger partial charge in [0.05, 0.1) is 17.6 Å². The topological polar surface area (TPSA) is 44.1 Å². The van der Waals surface area contributed by atoms with Crippen LogP contribution in [0.4, 0.5) is 0 Å². The van der Waals surface area contributed by atoms with E-state index in [-0.39, 0.29) is 0 Å². The molecule has 3 rings (SSSR count). The van der Waals surface area contributed by atoms with Gasteiger partial charge in [0.2, 0.25) is 0 Å². The van der Waals surface area contributed by atoms with Crippen LogP contribution in [0.25, 0.3) is 11.0 Å². The first kappa shape index (κ1) is 13.4. The summed E-state index contributed by atoms with van der Waals surface area (Å²) in [7, 11) is 0. The molecule has 0 fully saturated rings. The van der Waals surface area contributed by atoms with Gasteiger partial charge in [0.25, 0.3) is 0 Å². The largest absolute Gasteiger partial charge is 0.492 e. The number of imidazole rings is 1. The minimum atomic E-state index is 0.434. The smallest absolute Gasteiger partial charge is 0.185 e. The minimum Gasteiger partial charge on any atom is -0.492 e. The molecule has 21 heavy (non-hydrogen) atoms. The van der Waals surface area contributed by atoms with E-state index < -0.39 is 0 Å². The van der Waals surface area contributed by atoms with Crippen LogP contribution in [-0.2, 0) is 6.54 Å². The molecule has 0 aliphatic carbocycles. The predicted octanol–water partition coefficient (Wildman–Crippen LogP) is 3.24. The van der Waals surface area contributed by atoms with Crippen molar-refractivity contribution >= 4 is 17.3 Å². The van der Waals surface area contributed by atoms with Gasteiger partial charge in [-0.2, -0.15) is 0 Å². The van der Waals surface area contributed by atoms with Crippen LogP contribution in [0.15, 0.2) is 48.5 Å². The first-order chi connectivity index (χ1) is 10.3. The molecule has 3 aromatic rings. The van der Waals surface area contributed by atoms with Gasteiger partial charge in [0.15, 0.2) is 12.1 Å². The molecule has 0 saturated heterocycles. The van der Waals surface area contributed by atoms with Gasteiger partial charge in [-0.15, -0.1) is 0 Å². The third kappa shape index (κ3) is 2.79. The average molecular weight is 280 g/mol. The maximum absolute atomic E-state index is 11.2. The van der Waals surface area contributed by atoms with Gasteiger partial charge in [-0.3, -0.25) is 4.79 Å². The first-order valence-electron chi connectivity index (χ1n) is 6.88. The van der Waals surface area contributed by atoms with E-state index in [4.69, 9.17) is 4.74 Å². The quantitative estimate of drug-likeness (QED) is 0.674. The lowest BCUT2D eigenvalue weighted by molar-refractivity contribution is 0.111. The summed E-state index contributed by atoms with van der Waals surface area (Å²) in [5, 5.41) is 0. The maximum atomic E-state index is 11.2. The number of nitrogens with zero attached hydrogens (tertiary/aromatic N) is 2. The summed E-state index contributed by atoms with van der Waals surface area (Å²) < 4.78 is 7.63. The second-order valence-electron chi connectivity index (χ2n) is 4.89. The summed E-state index contributed by atoms with van der Waals surface area (Å²) in [6.07, 6.45) is 0.784. The average Bonchev–Trinajstić information content (AvgIpc) is 2.86. The SMILES string of the molecule is Cc1cccc(OCCn2c(C=O)nc3ccccc32)c1. The summed E-state index contributed by atoms with van der Waals surface area (Å²) in [4.78, 5) is 15.5. The van der Waals surface area contributed by atoms with E-state index in [0.717, 1.165) is 28.6 Å². The highest BCUT2D eigenvalue weighted by Crippen LogP contribution is 2.16. The Hall–Kier alpha value is -2.62. The van der Waals surface area contributed by atoms with Crippen LogP contribution >= 0.6 is 0 Å². The van der Waals surface area contributed by atoms with Crippen LogP contribution in [0.2, 0.25) is 0 Å². The lowest BCUT2D eigenvalue weighted by Crippen LogP contribution is -2.10. The fourth-order valence-corrected chi connectivity index (χ4v) is 2.38. The van der Waals surface area contributed by atoms with E-state index in [9.17, 15) is 4.79 Å². The molecule has 0 aliphatic heterocycles.